The van der Waals surface area contributed by atoms with E-state index >= 15 is 0 Å². The number of aromatic hydroxyl groups is 1. The lowest BCUT2D eigenvalue weighted by molar-refractivity contribution is 0.482. The van der Waals surface area contributed by atoms with Gasteiger partial charge in [0.2, 0.25) is 0 Å². The van der Waals surface area contributed by atoms with Crippen LogP contribution in [0, 0.1) is 0 Å². The van der Waals surface area contributed by atoms with E-state index in [1.165, 1.54) is 15.8 Å². The molecular formula is C11H12OS2. The maximum Gasteiger partial charge on any atom is 0.133 e. The van der Waals surface area contributed by atoms with Crippen molar-refractivity contribution in [3.63, 3.8) is 0 Å². The van der Waals surface area contributed by atoms with Crippen molar-refractivity contribution in [2.45, 2.75) is 18.2 Å². The Morgan fingerprint density at radius 3 is 2.86 bits per heavy atom. The highest BCUT2D eigenvalue weighted by Gasteiger charge is 2.08. The molecule has 1 aromatic carbocycles. The first-order chi connectivity index (χ1) is 6.76. The zero-order valence-corrected chi connectivity index (χ0v) is 9.84. The van der Waals surface area contributed by atoms with Gasteiger partial charge in [-0.1, -0.05) is 6.92 Å². The molecule has 0 aliphatic heterocycles. The summed E-state index contributed by atoms with van der Waals surface area (Å²) in [4.78, 5) is 1.26. The minimum absolute atomic E-state index is 0.421. The van der Waals surface area contributed by atoms with E-state index in [1.54, 1.807) is 23.1 Å². The Hall–Kier alpha value is -0.670. The van der Waals surface area contributed by atoms with Crippen molar-refractivity contribution in [1.82, 2.24) is 0 Å². The van der Waals surface area contributed by atoms with E-state index < -0.39 is 0 Å². The van der Waals surface area contributed by atoms with E-state index in [0.29, 0.717) is 5.75 Å². The molecule has 0 unspecified atom stereocenters. The second-order valence-corrected chi connectivity index (χ2v) is 4.88. The summed E-state index contributed by atoms with van der Waals surface area (Å²) in [5.41, 5.74) is 1.20. The van der Waals surface area contributed by atoms with Crippen molar-refractivity contribution in [3.8, 4) is 5.75 Å². The van der Waals surface area contributed by atoms with E-state index in [-0.39, 0.29) is 0 Å². The third-order valence-electron chi connectivity index (χ3n) is 2.31. The van der Waals surface area contributed by atoms with E-state index in [4.69, 9.17) is 0 Å². The van der Waals surface area contributed by atoms with E-state index in [1.807, 2.05) is 6.07 Å². The Morgan fingerprint density at radius 2 is 2.21 bits per heavy atom. The summed E-state index contributed by atoms with van der Waals surface area (Å²) < 4.78 is 1.01. The highest BCUT2D eigenvalue weighted by molar-refractivity contribution is 7.99. The van der Waals surface area contributed by atoms with Crippen LogP contribution in [0.3, 0.4) is 0 Å². The first kappa shape index (κ1) is 9.87. The van der Waals surface area contributed by atoms with Gasteiger partial charge in [0.1, 0.15) is 5.75 Å². The quantitative estimate of drug-likeness (QED) is 0.781. The third kappa shape index (κ3) is 1.51. The number of aryl methyl sites for hydroxylation is 1. The van der Waals surface area contributed by atoms with Gasteiger partial charge in [0.25, 0.3) is 0 Å². The van der Waals surface area contributed by atoms with Crippen molar-refractivity contribution in [1.29, 1.82) is 0 Å². The minimum Gasteiger partial charge on any atom is -0.506 e. The van der Waals surface area contributed by atoms with Crippen LogP contribution in [0.1, 0.15) is 12.5 Å². The molecule has 1 aromatic heterocycles. The SMILES string of the molecule is CCc1cc(O)c2scc(SC)c2c1. The maximum atomic E-state index is 9.79. The molecule has 1 N–H and O–H groups in total. The highest BCUT2D eigenvalue weighted by atomic mass is 32.2. The molecule has 0 aliphatic carbocycles. The fourth-order valence-electron chi connectivity index (χ4n) is 1.52. The van der Waals surface area contributed by atoms with Crippen molar-refractivity contribution in [2.24, 2.45) is 0 Å². The van der Waals surface area contributed by atoms with Crippen molar-refractivity contribution in [3.05, 3.63) is 23.1 Å². The zero-order valence-electron chi connectivity index (χ0n) is 8.20. The monoisotopic (exact) mass is 224 g/mol. The third-order valence-corrected chi connectivity index (χ3v) is 4.25. The van der Waals surface area contributed by atoms with Crippen molar-refractivity contribution < 1.29 is 5.11 Å². The summed E-state index contributed by atoms with van der Waals surface area (Å²) in [6, 6.07) is 4.04. The van der Waals surface area contributed by atoms with Gasteiger partial charge in [0, 0.05) is 15.7 Å². The second kappa shape index (κ2) is 3.83. The fraction of sp³-hybridized carbons (Fsp3) is 0.273. The molecule has 2 rings (SSSR count). The predicted octanol–water partition coefficient (Wildman–Crippen LogP) is 3.89. The highest BCUT2D eigenvalue weighted by Crippen LogP contribution is 2.38. The average Bonchev–Trinajstić information content (AvgIpc) is 2.61. The van der Waals surface area contributed by atoms with Crippen LogP contribution in [0.2, 0.25) is 0 Å². The fourth-order valence-corrected chi connectivity index (χ4v) is 3.32. The van der Waals surface area contributed by atoms with Crippen LogP contribution >= 0.6 is 23.1 Å². The number of fused-ring (bicyclic) bond motifs is 1. The normalized spacial score (nSPS) is 11.0. The lowest BCUT2D eigenvalue weighted by Gasteiger charge is -2.01. The summed E-state index contributed by atoms with van der Waals surface area (Å²) in [6.45, 7) is 2.10. The van der Waals surface area contributed by atoms with Crippen LogP contribution in [0.4, 0.5) is 0 Å². The smallest absolute Gasteiger partial charge is 0.133 e. The Morgan fingerprint density at radius 1 is 1.43 bits per heavy atom. The molecular weight excluding hydrogens is 212 g/mol. The topological polar surface area (TPSA) is 20.2 Å². The van der Waals surface area contributed by atoms with Gasteiger partial charge in [-0.2, -0.15) is 0 Å². The van der Waals surface area contributed by atoms with E-state index in [9.17, 15) is 5.11 Å². The van der Waals surface area contributed by atoms with E-state index in [2.05, 4.69) is 24.6 Å². The van der Waals surface area contributed by atoms with Gasteiger partial charge in [0.15, 0.2) is 0 Å². The van der Waals surface area contributed by atoms with E-state index in [0.717, 1.165) is 11.1 Å². The summed E-state index contributed by atoms with van der Waals surface area (Å²) in [6.07, 6.45) is 3.03. The van der Waals surface area contributed by atoms with Crippen molar-refractivity contribution in [2.75, 3.05) is 6.26 Å². The van der Waals surface area contributed by atoms with Crippen LogP contribution in [0.25, 0.3) is 10.1 Å². The number of hydrogen-bond acceptors (Lipinski definition) is 3. The molecule has 74 valence electrons. The molecule has 0 saturated heterocycles. The lowest BCUT2D eigenvalue weighted by Crippen LogP contribution is -1.79. The number of thioether (sulfide) groups is 1. The van der Waals surface area contributed by atoms with Gasteiger partial charge in [-0.05, 0) is 30.4 Å². The Balaban J connectivity index is 2.73. The molecule has 3 heteroatoms. The predicted molar refractivity (Wildman–Crippen MR) is 64.6 cm³/mol. The molecule has 0 aliphatic rings. The zero-order chi connectivity index (χ0) is 10.1. The summed E-state index contributed by atoms with van der Waals surface area (Å²) in [5.74, 6) is 0.421. The van der Waals surface area contributed by atoms with Crippen LogP contribution in [-0.2, 0) is 6.42 Å². The number of rotatable bonds is 2. The number of phenols is 1. The molecule has 1 heterocycles. The van der Waals surface area contributed by atoms with Gasteiger partial charge in [-0.25, -0.2) is 0 Å². The van der Waals surface area contributed by atoms with Gasteiger partial charge in [-0.15, -0.1) is 23.1 Å². The first-order valence-electron chi connectivity index (χ1n) is 4.53. The molecule has 0 radical (unpaired) electrons. The van der Waals surface area contributed by atoms with Crippen LogP contribution in [0.5, 0.6) is 5.75 Å². The number of hydrogen-bond donors (Lipinski definition) is 1. The number of phenolic OH excluding ortho intramolecular Hbond substituents is 1. The molecule has 1 nitrogen and oxygen atoms in total. The molecule has 0 bridgehead atoms. The second-order valence-electron chi connectivity index (χ2n) is 3.15. The van der Waals surface area contributed by atoms with Gasteiger partial charge in [0.05, 0.1) is 4.70 Å². The maximum absolute atomic E-state index is 9.79. The Labute approximate surface area is 91.8 Å². The number of benzene rings is 1. The largest absolute Gasteiger partial charge is 0.506 e. The van der Waals surface area contributed by atoms with Gasteiger partial charge < -0.3 is 5.11 Å². The lowest BCUT2D eigenvalue weighted by atomic mass is 10.1. The van der Waals surface area contributed by atoms with Gasteiger partial charge in [-0.3, -0.25) is 0 Å². The van der Waals surface area contributed by atoms with Crippen LogP contribution < -0.4 is 0 Å². The molecule has 0 spiro atoms. The standard InChI is InChI=1S/C11H12OS2/c1-3-7-4-8-10(13-2)6-14-11(8)9(12)5-7/h4-6,12H,3H2,1-2H3. The van der Waals surface area contributed by atoms with Crippen molar-refractivity contribution >= 4 is 33.2 Å². The summed E-state index contributed by atoms with van der Waals surface area (Å²) in [5, 5.41) is 13.1. The molecule has 0 fully saturated rings. The van der Waals surface area contributed by atoms with Gasteiger partial charge >= 0.3 is 0 Å². The molecule has 0 atom stereocenters. The first-order valence-corrected chi connectivity index (χ1v) is 6.63. The Kier molecular flexibility index (Phi) is 2.70. The number of thiophene rings is 1. The average molecular weight is 224 g/mol. The van der Waals surface area contributed by atoms with Crippen LogP contribution in [-0.4, -0.2) is 11.4 Å². The summed E-state index contributed by atoms with van der Waals surface area (Å²) in [7, 11) is 0. The molecule has 0 amide bonds. The minimum atomic E-state index is 0.421. The summed E-state index contributed by atoms with van der Waals surface area (Å²) >= 11 is 3.35. The molecule has 2 aromatic rings. The van der Waals surface area contributed by atoms with Crippen LogP contribution in [0.15, 0.2) is 22.4 Å². The molecule has 0 saturated carbocycles. The molecule has 14 heavy (non-hydrogen) atoms. The Bertz CT molecular complexity index is 460.